The van der Waals surface area contributed by atoms with E-state index in [0.29, 0.717) is 0 Å². The molecule has 0 bridgehead atoms. The Balaban J connectivity index is 1.44. The van der Waals surface area contributed by atoms with Gasteiger partial charge in [-0.05, 0) is 72.8 Å². The molecule has 5 rings (SSSR count). The number of rotatable bonds is 3. The highest BCUT2D eigenvalue weighted by Crippen LogP contribution is 2.25. The summed E-state index contributed by atoms with van der Waals surface area (Å²) >= 11 is 0. The van der Waals surface area contributed by atoms with Gasteiger partial charge in [0.15, 0.2) is 0 Å². The average Bonchev–Trinajstić information content (AvgIpc) is 3.20. The highest BCUT2D eigenvalue weighted by Gasteiger charge is 2.08. The minimum atomic E-state index is 0.786. The Morgan fingerprint density at radius 3 is 2.28 bits per heavy atom. The van der Waals surface area contributed by atoms with Crippen molar-refractivity contribution in [2.75, 3.05) is 0 Å². The molecule has 0 spiro atoms. The molecule has 0 unspecified atom stereocenters. The van der Waals surface area contributed by atoms with Crippen molar-refractivity contribution >= 4 is 33.2 Å². The van der Waals surface area contributed by atoms with Crippen LogP contribution in [0.1, 0.15) is 11.1 Å². The second-order valence-corrected chi connectivity index (χ2v) is 7.13. The zero-order valence-corrected chi connectivity index (χ0v) is 16.2. The van der Waals surface area contributed by atoms with Crippen molar-refractivity contribution in [2.45, 2.75) is 13.8 Å². The maximum atomic E-state index is 4.70. The lowest BCUT2D eigenvalue weighted by atomic mass is 10.1. The molecule has 0 N–H and O–H groups in total. The van der Waals surface area contributed by atoms with E-state index in [-0.39, 0.29) is 0 Å². The molecule has 0 fully saturated rings. The molecule has 0 atom stereocenters. The zero-order chi connectivity index (χ0) is 19.8. The van der Waals surface area contributed by atoms with Crippen LogP contribution in [-0.2, 0) is 0 Å². The van der Waals surface area contributed by atoms with E-state index in [1.165, 1.54) is 11.1 Å². The van der Waals surface area contributed by atoms with Crippen LogP contribution in [0, 0.1) is 13.8 Å². The highest BCUT2D eigenvalue weighted by atomic mass is 15.5. The van der Waals surface area contributed by atoms with Crippen LogP contribution in [0.25, 0.3) is 27.5 Å². The van der Waals surface area contributed by atoms with E-state index in [0.717, 1.165) is 38.9 Å². The quantitative estimate of drug-likeness (QED) is 0.332. The Hall–Kier alpha value is -3.86. The van der Waals surface area contributed by atoms with Crippen LogP contribution >= 0.6 is 0 Å². The van der Waals surface area contributed by atoms with Crippen LogP contribution in [0.3, 0.4) is 0 Å². The third-order valence-electron chi connectivity index (χ3n) is 5.13. The lowest BCUT2D eigenvalue weighted by Crippen LogP contribution is -1.97. The Kier molecular flexibility index (Phi) is 4.13. The van der Waals surface area contributed by atoms with Gasteiger partial charge in [-0.1, -0.05) is 36.4 Å². The fourth-order valence-corrected chi connectivity index (χ4v) is 3.32. The lowest BCUT2D eigenvalue weighted by Gasteiger charge is -2.01. The lowest BCUT2D eigenvalue weighted by molar-refractivity contribution is 0.766. The normalized spacial score (nSPS) is 11.7. The number of nitrogens with zero attached hydrogens (tertiary/aromatic N) is 5. The first kappa shape index (κ1) is 17.3. The van der Waals surface area contributed by atoms with Gasteiger partial charge in [0, 0.05) is 5.39 Å². The third-order valence-corrected chi connectivity index (χ3v) is 5.13. The second-order valence-electron chi connectivity index (χ2n) is 7.13. The fraction of sp³-hybridized carbons (Fsp3) is 0.0833. The van der Waals surface area contributed by atoms with Crippen molar-refractivity contribution < 1.29 is 0 Å². The molecule has 5 nitrogen and oxygen atoms in total. The summed E-state index contributed by atoms with van der Waals surface area (Å²) in [5.41, 5.74) is 6.76. The molecule has 29 heavy (non-hydrogen) atoms. The van der Waals surface area contributed by atoms with Crippen LogP contribution in [-0.4, -0.2) is 15.0 Å². The molecule has 140 valence electrons. The second kappa shape index (κ2) is 6.95. The first-order valence-electron chi connectivity index (χ1n) is 9.52. The van der Waals surface area contributed by atoms with Crippen molar-refractivity contribution in [1.29, 1.82) is 0 Å². The molecule has 0 aliphatic carbocycles. The van der Waals surface area contributed by atoms with Crippen LogP contribution in [0.4, 0.5) is 11.4 Å². The zero-order valence-electron chi connectivity index (χ0n) is 16.2. The smallest absolute Gasteiger partial charge is 0.121 e. The molecule has 0 saturated heterocycles. The fourth-order valence-electron chi connectivity index (χ4n) is 3.32. The summed E-state index contributed by atoms with van der Waals surface area (Å²) in [7, 11) is 0. The number of azo groups is 1. The number of fused-ring (bicyclic) bond motifs is 3. The molecule has 0 amide bonds. The Bertz CT molecular complexity index is 1360. The summed E-state index contributed by atoms with van der Waals surface area (Å²) in [6.45, 7) is 4.16. The summed E-state index contributed by atoms with van der Waals surface area (Å²) in [4.78, 5) is 1.67. The summed E-state index contributed by atoms with van der Waals surface area (Å²) in [5, 5.41) is 20.3. The molecule has 0 aliphatic rings. The van der Waals surface area contributed by atoms with Gasteiger partial charge >= 0.3 is 0 Å². The molecule has 1 heterocycles. The van der Waals surface area contributed by atoms with Crippen LogP contribution in [0.2, 0.25) is 0 Å². The van der Waals surface area contributed by atoms with Crippen molar-refractivity contribution in [2.24, 2.45) is 10.2 Å². The van der Waals surface area contributed by atoms with Gasteiger partial charge in [0.05, 0.1) is 17.1 Å². The molecule has 5 aromatic rings. The van der Waals surface area contributed by atoms with Gasteiger partial charge in [-0.2, -0.15) is 15.0 Å². The number of aromatic nitrogens is 3. The van der Waals surface area contributed by atoms with Crippen molar-refractivity contribution in [3.8, 4) is 5.69 Å². The van der Waals surface area contributed by atoms with E-state index < -0.39 is 0 Å². The van der Waals surface area contributed by atoms with Gasteiger partial charge in [-0.25, -0.2) is 0 Å². The minimum Gasteiger partial charge on any atom is -0.151 e. The first-order valence-corrected chi connectivity index (χ1v) is 9.52. The number of hydrogen-bond donors (Lipinski definition) is 0. The third kappa shape index (κ3) is 3.27. The maximum Gasteiger partial charge on any atom is 0.121 e. The van der Waals surface area contributed by atoms with Gasteiger partial charge in [0.1, 0.15) is 11.0 Å². The minimum absolute atomic E-state index is 0.786. The highest BCUT2D eigenvalue weighted by molar-refractivity contribution is 6.03. The van der Waals surface area contributed by atoms with Crippen molar-refractivity contribution in [3.05, 3.63) is 90.0 Å². The van der Waals surface area contributed by atoms with E-state index in [1.54, 1.807) is 4.80 Å². The predicted molar refractivity (Wildman–Crippen MR) is 116 cm³/mol. The SMILES string of the molecule is Cc1ccc(N=Nc2ccc(-n3nc4ccc5ccccc5c4n3)cc2)cc1C. The topological polar surface area (TPSA) is 55.4 Å². The van der Waals surface area contributed by atoms with Gasteiger partial charge in [-0.3, -0.25) is 0 Å². The number of benzene rings is 4. The molecule has 0 radical (unpaired) electrons. The molecular weight excluding hydrogens is 358 g/mol. The summed E-state index contributed by atoms with van der Waals surface area (Å²) in [6.07, 6.45) is 0. The summed E-state index contributed by atoms with van der Waals surface area (Å²) < 4.78 is 0. The first-order chi connectivity index (χ1) is 14.2. The summed E-state index contributed by atoms with van der Waals surface area (Å²) in [6, 6.07) is 26.1. The van der Waals surface area contributed by atoms with Gasteiger partial charge in [-0.15, -0.1) is 10.2 Å². The number of hydrogen-bond acceptors (Lipinski definition) is 4. The van der Waals surface area contributed by atoms with E-state index >= 15 is 0 Å². The molecule has 5 heteroatoms. The van der Waals surface area contributed by atoms with Gasteiger partial charge < -0.3 is 0 Å². The van der Waals surface area contributed by atoms with Crippen LogP contribution < -0.4 is 0 Å². The van der Waals surface area contributed by atoms with E-state index in [2.05, 4.69) is 53.4 Å². The largest absolute Gasteiger partial charge is 0.151 e. The van der Waals surface area contributed by atoms with Crippen LogP contribution in [0.5, 0.6) is 0 Å². The Morgan fingerprint density at radius 2 is 1.45 bits per heavy atom. The molecular formula is C24H19N5. The van der Waals surface area contributed by atoms with Crippen molar-refractivity contribution in [3.63, 3.8) is 0 Å². The molecule has 4 aromatic carbocycles. The summed E-state index contributed by atoms with van der Waals surface area (Å²) in [5.74, 6) is 0. The Morgan fingerprint density at radius 1 is 0.690 bits per heavy atom. The predicted octanol–water partition coefficient (Wildman–Crippen LogP) is 6.61. The van der Waals surface area contributed by atoms with E-state index in [1.807, 2.05) is 54.6 Å². The molecule has 1 aromatic heterocycles. The maximum absolute atomic E-state index is 4.70. The number of aryl methyl sites for hydroxylation is 2. The van der Waals surface area contributed by atoms with Gasteiger partial charge in [0.25, 0.3) is 0 Å². The standard InChI is InChI=1S/C24H19N5/c1-16-7-9-20(15-17(16)2)26-25-19-10-12-21(13-11-19)29-27-23-14-8-18-5-3-4-6-22(18)24(23)28-29/h3-15H,1-2H3. The molecule has 0 saturated carbocycles. The average molecular weight is 377 g/mol. The Labute approximate surface area is 168 Å². The van der Waals surface area contributed by atoms with E-state index in [9.17, 15) is 0 Å². The monoisotopic (exact) mass is 377 g/mol. The van der Waals surface area contributed by atoms with E-state index in [4.69, 9.17) is 5.10 Å². The van der Waals surface area contributed by atoms with Crippen LogP contribution in [0.15, 0.2) is 89.1 Å². The van der Waals surface area contributed by atoms with Gasteiger partial charge in [0.2, 0.25) is 0 Å². The molecule has 0 aliphatic heterocycles. The van der Waals surface area contributed by atoms with Crippen molar-refractivity contribution in [1.82, 2.24) is 15.0 Å².